The van der Waals surface area contributed by atoms with E-state index in [0.717, 1.165) is 33.5 Å². The SMILES string of the molecule is c1ccc(-c2cccc3nc(-c4ccc(-n5c6ccccc6c6ccccc65)cc4)oc23)cc1. The van der Waals surface area contributed by atoms with Crippen molar-refractivity contribution in [2.75, 3.05) is 0 Å². The van der Waals surface area contributed by atoms with Gasteiger partial charge < -0.3 is 8.98 Å². The van der Waals surface area contributed by atoms with Crippen molar-refractivity contribution >= 4 is 32.9 Å². The molecule has 0 N–H and O–H groups in total. The molecule has 0 spiro atoms. The van der Waals surface area contributed by atoms with Gasteiger partial charge in [0.1, 0.15) is 5.52 Å². The Morgan fingerprint density at radius 1 is 0.529 bits per heavy atom. The van der Waals surface area contributed by atoms with E-state index < -0.39 is 0 Å². The maximum absolute atomic E-state index is 6.29. The number of fused-ring (bicyclic) bond motifs is 4. The Morgan fingerprint density at radius 3 is 1.88 bits per heavy atom. The van der Waals surface area contributed by atoms with Crippen LogP contribution in [0.4, 0.5) is 0 Å². The van der Waals surface area contributed by atoms with Crippen molar-refractivity contribution in [3.63, 3.8) is 0 Å². The number of oxazole rings is 1. The first-order valence-electron chi connectivity index (χ1n) is 11.4. The highest BCUT2D eigenvalue weighted by Gasteiger charge is 2.14. The second-order valence-electron chi connectivity index (χ2n) is 8.46. The van der Waals surface area contributed by atoms with E-state index in [9.17, 15) is 0 Å². The lowest BCUT2D eigenvalue weighted by atomic mass is 10.1. The molecule has 0 amide bonds. The van der Waals surface area contributed by atoms with Gasteiger partial charge in [-0.25, -0.2) is 4.98 Å². The molecule has 0 aliphatic heterocycles. The van der Waals surface area contributed by atoms with Crippen molar-refractivity contribution in [1.82, 2.24) is 9.55 Å². The van der Waals surface area contributed by atoms with Gasteiger partial charge in [-0.2, -0.15) is 0 Å². The fourth-order valence-corrected chi connectivity index (χ4v) is 4.87. The lowest BCUT2D eigenvalue weighted by molar-refractivity contribution is 0.621. The molecule has 0 fully saturated rings. The summed E-state index contributed by atoms with van der Waals surface area (Å²) in [5.74, 6) is 0.632. The molecule has 160 valence electrons. The third-order valence-corrected chi connectivity index (χ3v) is 6.45. The monoisotopic (exact) mass is 436 g/mol. The highest BCUT2D eigenvalue weighted by Crippen LogP contribution is 2.34. The summed E-state index contributed by atoms with van der Waals surface area (Å²) in [4.78, 5) is 4.79. The molecule has 3 heteroatoms. The Bertz CT molecular complexity index is 1740. The first-order valence-corrected chi connectivity index (χ1v) is 11.4. The van der Waals surface area contributed by atoms with Crippen LogP contribution in [0.25, 0.3) is 61.2 Å². The van der Waals surface area contributed by atoms with Gasteiger partial charge in [-0.1, -0.05) is 78.9 Å². The smallest absolute Gasteiger partial charge is 0.227 e. The van der Waals surface area contributed by atoms with Gasteiger partial charge in [-0.05, 0) is 48.0 Å². The van der Waals surface area contributed by atoms with Gasteiger partial charge in [-0.15, -0.1) is 0 Å². The van der Waals surface area contributed by atoms with Crippen molar-refractivity contribution in [1.29, 1.82) is 0 Å². The topological polar surface area (TPSA) is 31.0 Å². The van der Waals surface area contributed by atoms with Crippen molar-refractivity contribution in [2.45, 2.75) is 0 Å². The fourth-order valence-electron chi connectivity index (χ4n) is 4.87. The highest BCUT2D eigenvalue weighted by atomic mass is 16.3. The van der Waals surface area contributed by atoms with Crippen LogP contribution < -0.4 is 0 Å². The number of para-hydroxylation sites is 3. The van der Waals surface area contributed by atoms with E-state index >= 15 is 0 Å². The van der Waals surface area contributed by atoms with Crippen molar-refractivity contribution in [3.8, 4) is 28.3 Å². The molecule has 7 aromatic rings. The quantitative estimate of drug-likeness (QED) is 0.279. The predicted octanol–water partition coefficient (Wildman–Crippen LogP) is 8.26. The van der Waals surface area contributed by atoms with Gasteiger partial charge in [-0.3, -0.25) is 0 Å². The zero-order chi connectivity index (χ0) is 22.5. The van der Waals surface area contributed by atoms with Crippen LogP contribution in [-0.4, -0.2) is 9.55 Å². The third kappa shape index (κ3) is 2.87. The van der Waals surface area contributed by atoms with Crippen LogP contribution in [0.2, 0.25) is 0 Å². The van der Waals surface area contributed by atoms with E-state index in [1.165, 1.54) is 21.8 Å². The summed E-state index contributed by atoms with van der Waals surface area (Å²) in [6.45, 7) is 0. The number of rotatable bonds is 3. The van der Waals surface area contributed by atoms with Crippen LogP contribution in [0.1, 0.15) is 0 Å². The fraction of sp³-hybridized carbons (Fsp3) is 0. The number of hydrogen-bond acceptors (Lipinski definition) is 2. The summed E-state index contributed by atoms with van der Waals surface area (Å²) in [5.41, 5.74) is 8.33. The molecule has 0 saturated heterocycles. The maximum Gasteiger partial charge on any atom is 0.227 e. The zero-order valence-corrected chi connectivity index (χ0v) is 18.3. The Morgan fingerprint density at radius 2 is 1.18 bits per heavy atom. The van der Waals surface area contributed by atoms with Gasteiger partial charge in [0.15, 0.2) is 5.58 Å². The average molecular weight is 437 g/mol. The number of benzene rings is 5. The second-order valence-corrected chi connectivity index (χ2v) is 8.46. The van der Waals surface area contributed by atoms with Crippen LogP contribution in [0.15, 0.2) is 126 Å². The minimum atomic E-state index is 0.632. The van der Waals surface area contributed by atoms with Gasteiger partial charge in [0.25, 0.3) is 0 Å². The molecule has 0 aliphatic rings. The van der Waals surface area contributed by atoms with Crippen LogP contribution in [0.5, 0.6) is 0 Å². The standard InChI is InChI=1S/C31H20N2O/c1-2-9-21(10-3-1)24-13-8-14-27-30(24)34-31(32-27)22-17-19-23(20-18-22)33-28-15-6-4-11-25(28)26-12-5-7-16-29(26)33/h1-20H. The third-order valence-electron chi connectivity index (χ3n) is 6.45. The molecule has 5 aromatic carbocycles. The lowest BCUT2D eigenvalue weighted by Gasteiger charge is -2.08. The zero-order valence-electron chi connectivity index (χ0n) is 18.3. The summed E-state index contributed by atoms with van der Waals surface area (Å²) >= 11 is 0. The number of aromatic nitrogens is 2. The largest absolute Gasteiger partial charge is 0.435 e. The summed E-state index contributed by atoms with van der Waals surface area (Å²) < 4.78 is 8.61. The van der Waals surface area contributed by atoms with Crippen LogP contribution in [-0.2, 0) is 0 Å². The van der Waals surface area contributed by atoms with Crippen LogP contribution in [0, 0.1) is 0 Å². The van der Waals surface area contributed by atoms with Crippen molar-refractivity contribution in [3.05, 3.63) is 121 Å². The molecule has 7 rings (SSSR count). The molecule has 0 atom stereocenters. The van der Waals surface area contributed by atoms with Crippen LogP contribution >= 0.6 is 0 Å². The minimum Gasteiger partial charge on any atom is -0.435 e. The Kier molecular flexibility index (Phi) is 4.15. The summed E-state index contributed by atoms with van der Waals surface area (Å²) in [7, 11) is 0. The van der Waals surface area contributed by atoms with E-state index in [-0.39, 0.29) is 0 Å². The molecule has 34 heavy (non-hydrogen) atoms. The molecular formula is C31H20N2O. The molecular weight excluding hydrogens is 416 g/mol. The van der Waals surface area contributed by atoms with Crippen LogP contribution in [0.3, 0.4) is 0 Å². The minimum absolute atomic E-state index is 0.632. The van der Waals surface area contributed by atoms with Gasteiger partial charge in [0.05, 0.1) is 11.0 Å². The molecule has 0 aliphatic carbocycles. The van der Waals surface area contributed by atoms with E-state index in [4.69, 9.17) is 9.40 Å². The Hall–Kier alpha value is -4.63. The van der Waals surface area contributed by atoms with E-state index in [2.05, 4.69) is 95.6 Å². The van der Waals surface area contributed by atoms with E-state index in [1.54, 1.807) is 0 Å². The Balaban J connectivity index is 1.34. The second kappa shape index (κ2) is 7.46. The van der Waals surface area contributed by atoms with E-state index in [1.807, 2.05) is 30.3 Å². The molecule has 0 saturated carbocycles. The summed E-state index contributed by atoms with van der Waals surface area (Å²) in [5, 5.41) is 2.52. The highest BCUT2D eigenvalue weighted by molar-refractivity contribution is 6.09. The Labute approximate surface area is 196 Å². The first kappa shape index (κ1) is 18.9. The average Bonchev–Trinajstić information content (AvgIpc) is 3.49. The molecule has 3 nitrogen and oxygen atoms in total. The first-order chi connectivity index (χ1) is 16.9. The lowest BCUT2D eigenvalue weighted by Crippen LogP contribution is -1.93. The van der Waals surface area contributed by atoms with Gasteiger partial charge >= 0.3 is 0 Å². The summed E-state index contributed by atoms with van der Waals surface area (Å²) in [6.07, 6.45) is 0. The predicted molar refractivity (Wildman–Crippen MR) is 139 cm³/mol. The molecule has 0 bridgehead atoms. The maximum atomic E-state index is 6.29. The number of hydrogen-bond donors (Lipinski definition) is 0. The summed E-state index contributed by atoms with van der Waals surface area (Å²) in [6, 6.07) is 42.0. The molecule has 0 radical (unpaired) electrons. The molecule has 2 heterocycles. The van der Waals surface area contributed by atoms with Gasteiger partial charge in [0, 0.05) is 27.6 Å². The molecule has 0 unspecified atom stereocenters. The van der Waals surface area contributed by atoms with E-state index in [0.29, 0.717) is 5.89 Å². The molecule has 2 aromatic heterocycles. The van der Waals surface area contributed by atoms with Crippen molar-refractivity contribution < 1.29 is 4.42 Å². The van der Waals surface area contributed by atoms with Gasteiger partial charge in [0.2, 0.25) is 5.89 Å². The van der Waals surface area contributed by atoms with Crippen molar-refractivity contribution in [2.24, 2.45) is 0 Å². The number of nitrogens with zero attached hydrogens (tertiary/aromatic N) is 2. The normalized spacial score (nSPS) is 11.5.